The van der Waals surface area contributed by atoms with Crippen molar-refractivity contribution in [1.82, 2.24) is 9.88 Å². The minimum atomic E-state index is -3.56. The third kappa shape index (κ3) is 3.83. The van der Waals surface area contributed by atoms with Gasteiger partial charge in [0.2, 0.25) is 0 Å². The van der Waals surface area contributed by atoms with Gasteiger partial charge in [0, 0.05) is 23.7 Å². The van der Waals surface area contributed by atoms with Crippen molar-refractivity contribution in [1.29, 1.82) is 0 Å². The zero-order valence-electron chi connectivity index (χ0n) is 14.1. The number of benzene rings is 1. The standard InChI is InChI=1S/C18H15N3O4S2/c22-18(15-7-4-8-21-9-10-27(23,24)20-16(15)21)25-11-14-12-26-17(19-14)13-5-2-1-3-6-13/h1-8,12H,9-11H2. The molecule has 0 radical (unpaired) electrons. The van der Waals surface area contributed by atoms with E-state index in [1.165, 1.54) is 17.4 Å². The van der Waals surface area contributed by atoms with Crippen molar-refractivity contribution in [2.24, 2.45) is 4.40 Å². The Balaban J connectivity index is 1.47. The lowest BCUT2D eigenvalue weighted by molar-refractivity contribution is -0.139. The maximum Gasteiger partial charge on any atom is 0.342 e. The fourth-order valence-corrected chi connectivity index (χ4v) is 4.48. The van der Waals surface area contributed by atoms with E-state index in [0.29, 0.717) is 5.69 Å². The Labute approximate surface area is 160 Å². The lowest BCUT2D eigenvalue weighted by atomic mass is 10.1. The lowest BCUT2D eigenvalue weighted by Crippen LogP contribution is -2.40. The summed E-state index contributed by atoms with van der Waals surface area (Å²) in [5.74, 6) is -0.601. The Morgan fingerprint density at radius 1 is 1.26 bits per heavy atom. The summed E-state index contributed by atoms with van der Waals surface area (Å²) in [6, 6.07) is 9.73. The zero-order chi connectivity index (χ0) is 18.9. The molecule has 2 aliphatic rings. The molecular formula is C18H15N3O4S2. The molecule has 0 saturated carbocycles. The summed E-state index contributed by atoms with van der Waals surface area (Å²) in [6.07, 6.45) is 4.87. The van der Waals surface area contributed by atoms with Crippen LogP contribution in [0.5, 0.6) is 0 Å². The van der Waals surface area contributed by atoms with E-state index in [-0.39, 0.29) is 30.3 Å². The molecule has 1 aromatic heterocycles. The maximum atomic E-state index is 12.5. The Bertz CT molecular complexity index is 1070. The van der Waals surface area contributed by atoms with Gasteiger partial charge in [-0.25, -0.2) is 18.2 Å². The number of thiazole rings is 1. The van der Waals surface area contributed by atoms with Crippen LogP contribution in [0.15, 0.2) is 64.0 Å². The highest BCUT2D eigenvalue weighted by Gasteiger charge is 2.30. The van der Waals surface area contributed by atoms with Gasteiger partial charge in [-0.3, -0.25) is 0 Å². The summed E-state index contributed by atoms with van der Waals surface area (Å²) in [6.45, 7) is 0.262. The van der Waals surface area contributed by atoms with Gasteiger partial charge in [-0.15, -0.1) is 15.7 Å². The average Bonchev–Trinajstić information content (AvgIpc) is 3.15. The van der Waals surface area contributed by atoms with Crippen LogP contribution in [0.2, 0.25) is 0 Å². The minimum absolute atomic E-state index is 0.00323. The molecule has 4 rings (SSSR count). The van der Waals surface area contributed by atoms with E-state index >= 15 is 0 Å². The fraction of sp³-hybridized carbons (Fsp3) is 0.167. The first-order chi connectivity index (χ1) is 13.0. The van der Waals surface area contributed by atoms with Gasteiger partial charge in [-0.1, -0.05) is 30.3 Å². The normalized spacial score (nSPS) is 17.7. The quantitative estimate of drug-likeness (QED) is 0.731. The predicted octanol–water partition coefficient (Wildman–Crippen LogP) is 2.35. The van der Waals surface area contributed by atoms with Crippen molar-refractivity contribution < 1.29 is 17.9 Å². The molecule has 0 atom stereocenters. The number of hydrogen-bond donors (Lipinski definition) is 0. The number of esters is 1. The Hall–Kier alpha value is -2.78. The van der Waals surface area contributed by atoms with Crippen molar-refractivity contribution in [3.8, 4) is 10.6 Å². The van der Waals surface area contributed by atoms with Gasteiger partial charge in [-0.2, -0.15) is 0 Å². The molecule has 0 amide bonds. The van der Waals surface area contributed by atoms with Crippen molar-refractivity contribution >= 4 is 33.2 Å². The fourth-order valence-electron chi connectivity index (χ4n) is 2.68. The summed E-state index contributed by atoms with van der Waals surface area (Å²) in [4.78, 5) is 18.6. The molecule has 0 bridgehead atoms. The lowest BCUT2D eigenvalue weighted by Gasteiger charge is -2.28. The second-order valence-electron chi connectivity index (χ2n) is 5.90. The Morgan fingerprint density at radius 3 is 2.89 bits per heavy atom. The molecule has 0 aliphatic carbocycles. The third-order valence-electron chi connectivity index (χ3n) is 4.00. The number of hydrogen-bond acceptors (Lipinski definition) is 7. The molecule has 138 valence electrons. The number of aromatic nitrogens is 1. The van der Waals surface area contributed by atoms with E-state index in [1.807, 2.05) is 35.7 Å². The summed E-state index contributed by atoms with van der Waals surface area (Å²) in [7, 11) is -3.56. The van der Waals surface area contributed by atoms with E-state index in [9.17, 15) is 13.2 Å². The van der Waals surface area contributed by atoms with E-state index < -0.39 is 16.0 Å². The van der Waals surface area contributed by atoms with Crippen LogP contribution in [0.3, 0.4) is 0 Å². The van der Waals surface area contributed by atoms with Crippen LogP contribution in [0.1, 0.15) is 5.69 Å². The van der Waals surface area contributed by atoms with Gasteiger partial charge in [0.15, 0.2) is 5.84 Å². The first-order valence-electron chi connectivity index (χ1n) is 8.17. The maximum absolute atomic E-state index is 12.5. The van der Waals surface area contributed by atoms with Crippen molar-refractivity contribution in [2.45, 2.75) is 6.61 Å². The molecule has 0 saturated heterocycles. The number of fused-ring (bicyclic) bond motifs is 1. The number of rotatable bonds is 4. The van der Waals surface area contributed by atoms with Crippen molar-refractivity contribution in [3.05, 3.63) is 65.3 Å². The molecule has 9 heteroatoms. The average molecular weight is 401 g/mol. The molecule has 2 aliphatic heterocycles. The number of sulfonamides is 1. The number of amidine groups is 1. The van der Waals surface area contributed by atoms with Gasteiger partial charge >= 0.3 is 5.97 Å². The topological polar surface area (TPSA) is 88.9 Å². The summed E-state index contributed by atoms with van der Waals surface area (Å²) < 4.78 is 32.6. The SMILES string of the molecule is O=C(OCc1csc(-c2ccccc2)n1)C1=CC=CN2CCS(=O)(=O)N=C12. The van der Waals surface area contributed by atoms with Gasteiger partial charge < -0.3 is 9.64 Å². The van der Waals surface area contributed by atoms with Crippen LogP contribution in [0, 0.1) is 0 Å². The minimum Gasteiger partial charge on any atom is -0.455 e. The molecule has 0 spiro atoms. The van der Waals surface area contributed by atoms with Gasteiger partial charge in [0.1, 0.15) is 17.2 Å². The molecule has 0 N–H and O–H groups in total. The van der Waals surface area contributed by atoms with Crippen LogP contribution in [0.4, 0.5) is 0 Å². The predicted molar refractivity (Wildman–Crippen MR) is 102 cm³/mol. The molecule has 7 nitrogen and oxygen atoms in total. The van der Waals surface area contributed by atoms with E-state index in [1.54, 1.807) is 17.2 Å². The van der Waals surface area contributed by atoms with Crippen molar-refractivity contribution in [2.75, 3.05) is 12.3 Å². The highest BCUT2D eigenvalue weighted by atomic mass is 32.2. The Morgan fingerprint density at radius 2 is 2.07 bits per heavy atom. The molecule has 27 heavy (non-hydrogen) atoms. The van der Waals surface area contributed by atoms with E-state index in [2.05, 4.69) is 9.38 Å². The number of carbonyl (C=O) groups is 1. The molecule has 3 heterocycles. The highest BCUT2D eigenvalue weighted by Crippen LogP contribution is 2.24. The number of allylic oxidation sites excluding steroid dienone is 2. The highest BCUT2D eigenvalue weighted by molar-refractivity contribution is 7.90. The first-order valence-corrected chi connectivity index (χ1v) is 10.7. The van der Waals surface area contributed by atoms with Crippen LogP contribution >= 0.6 is 11.3 Å². The number of carbonyl (C=O) groups excluding carboxylic acids is 1. The Kier molecular flexibility index (Phi) is 4.63. The third-order valence-corrected chi connectivity index (χ3v) is 6.09. The van der Waals surface area contributed by atoms with Crippen LogP contribution in [0.25, 0.3) is 10.6 Å². The first kappa shape index (κ1) is 17.6. The largest absolute Gasteiger partial charge is 0.455 e. The summed E-state index contributed by atoms with van der Waals surface area (Å²) in [5.41, 5.74) is 1.76. The van der Waals surface area contributed by atoms with Gasteiger partial charge in [0.05, 0.1) is 11.4 Å². The van der Waals surface area contributed by atoms with Crippen LogP contribution in [-0.2, 0) is 26.2 Å². The zero-order valence-corrected chi connectivity index (χ0v) is 15.7. The van der Waals surface area contributed by atoms with Crippen LogP contribution in [-0.4, -0.2) is 42.4 Å². The summed E-state index contributed by atoms with van der Waals surface area (Å²) >= 11 is 1.47. The van der Waals surface area contributed by atoms with Gasteiger partial charge in [-0.05, 0) is 12.2 Å². The molecule has 0 fully saturated rings. The van der Waals surface area contributed by atoms with Gasteiger partial charge in [0.25, 0.3) is 10.0 Å². The number of nitrogens with zero attached hydrogens (tertiary/aromatic N) is 3. The monoisotopic (exact) mass is 401 g/mol. The van der Waals surface area contributed by atoms with Crippen molar-refractivity contribution in [3.63, 3.8) is 0 Å². The summed E-state index contributed by atoms with van der Waals surface area (Å²) in [5, 5.41) is 2.68. The molecule has 0 unspecified atom stereocenters. The number of ether oxygens (including phenoxy) is 1. The second kappa shape index (κ2) is 7.09. The molecule has 1 aromatic carbocycles. The van der Waals surface area contributed by atoms with Crippen LogP contribution < -0.4 is 0 Å². The van der Waals surface area contributed by atoms with E-state index in [0.717, 1.165) is 10.6 Å². The smallest absolute Gasteiger partial charge is 0.342 e. The molecular weight excluding hydrogens is 386 g/mol. The molecule has 2 aromatic rings. The van der Waals surface area contributed by atoms with E-state index in [4.69, 9.17) is 4.74 Å². The second-order valence-corrected chi connectivity index (χ2v) is 8.52.